The molecule has 1 saturated heterocycles. The minimum Gasteiger partial charge on any atom is -0.467 e. The van der Waals surface area contributed by atoms with Gasteiger partial charge in [0.25, 0.3) is 0 Å². The summed E-state index contributed by atoms with van der Waals surface area (Å²) in [6, 6.07) is 8.67. The number of nitrogens with zero attached hydrogens (tertiary/aromatic N) is 2. The molecule has 1 aliphatic rings. The number of carbonyl (C=O) groups excluding carboxylic acids is 2. The highest BCUT2D eigenvalue weighted by Crippen LogP contribution is 2.22. The standard InChI is InChI=1S/C16H17N3O3/c20-15-7-6-14(19(15)11-13-5-3-9-22-13)16(21)18-10-12-4-1-2-8-17-12/h1-5,8-9,14H,6-7,10-11H2,(H,18,21)/t14-/m0/s1. The van der Waals surface area contributed by atoms with Gasteiger partial charge in [0.2, 0.25) is 11.8 Å². The zero-order valence-corrected chi connectivity index (χ0v) is 12.1. The van der Waals surface area contributed by atoms with Gasteiger partial charge in [0.1, 0.15) is 11.8 Å². The first kappa shape index (κ1) is 14.3. The molecule has 0 spiro atoms. The molecule has 2 aromatic rings. The maximum Gasteiger partial charge on any atom is 0.243 e. The summed E-state index contributed by atoms with van der Waals surface area (Å²) in [6.45, 7) is 0.687. The summed E-state index contributed by atoms with van der Waals surface area (Å²) in [5.74, 6) is 0.509. The summed E-state index contributed by atoms with van der Waals surface area (Å²) in [5, 5.41) is 2.85. The van der Waals surface area contributed by atoms with Crippen LogP contribution in [0, 0.1) is 0 Å². The quantitative estimate of drug-likeness (QED) is 0.907. The number of hydrogen-bond acceptors (Lipinski definition) is 4. The van der Waals surface area contributed by atoms with Crippen molar-refractivity contribution in [1.29, 1.82) is 0 Å². The lowest BCUT2D eigenvalue weighted by Gasteiger charge is -2.23. The van der Waals surface area contributed by atoms with Crippen LogP contribution in [0.4, 0.5) is 0 Å². The van der Waals surface area contributed by atoms with Crippen molar-refractivity contribution < 1.29 is 14.0 Å². The Hall–Kier alpha value is -2.63. The fourth-order valence-electron chi connectivity index (χ4n) is 2.57. The van der Waals surface area contributed by atoms with Gasteiger partial charge in [0, 0.05) is 12.6 Å². The molecule has 2 aromatic heterocycles. The maximum absolute atomic E-state index is 12.3. The van der Waals surface area contributed by atoms with Crippen LogP contribution in [-0.4, -0.2) is 27.7 Å². The molecule has 3 rings (SSSR count). The SMILES string of the molecule is O=C(NCc1ccccn1)[C@@H]1CCC(=O)N1Cc1ccco1. The van der Waals surface area contributed by atoms with Crippen molar-refractivity contribution in [3.8, 4) is 0 Å². The minimum atomic E-state index is -0.443. The van der Waals surface area contributed by atoms with E-state index < -0.39 is 6.04 Å². The van der Waals surface area contributed by atoms with Crippen molar-refractivity contribution in [2.24, 2.45) is 0 Å². The molecule has 0 aliphatic carbocycles. The van der Waals surface area contributed by atoms with Gasteiger partial charge in [-0.05, 0) is 30.7 Å². The van der Waals surface area contributed by atoms with E-state index in [2.05, 4.69) is 10.3 Å². The van der Waals surface area contributed by atoms with Crippen molar-refractivity contribution in [1.82, 2.24) is 15.2 Å². The Morgan fingerprint density at radius 3 is 3.00 bits per heavy atom. The molecule has 22 heavy (non-hydrogen) atoms. The lowest BCUT2D eigenvalue weighted by Crippen LogP contribution is -2.44. The number of rotatable bonds is 5. The van der Waals surface area contributed by atoms with E-state index in [-0.39, 0.29) is 11.8 Å². The van der Waals surface area contributed by atoms with Crippen LogP contribution in [0.2, 0.25) is 0 Å². The molecule has 114 valence electrons. The second kappa shape index (κ2) is 6.43. The molecule has 0 radical (unpaired) electrons. The fraction of sp³-hybridized carbons (Fsp3) is 0.312. The van der Waals surface area contributed by atoms with Crippen molar-refractivity contribution in [3.63, 3.8) is 0 Å². The topological polar surface area (TPSA) is 75.4 Å². The summed E-state index contributed by atoms with van der Waals surface area (Å²) in [6.07, 6.45) is 4.17. The Morgan fingerprint density at radius 1 is 1.36 bits per heavy atom. The van der Waals surface area contributed by atoms with Gasteiger partial charge in [-0.3, -0.25) is 14.6 Å². The monoisotopic (exact) mass is 299 g/mol. The van der Waals surface area contributed by atoms with Crippen molar-refractivity contribution in [2.75, 3.05) is 0 Å². The molecule has 0 aromatic carbocycles. The minimum absolute atomic E-state index is 0.0191. The first-order valence-corrected chi connectivity index (χ1v) is 7.23. The summed E-state index contributed by atoms with van der Waals surface area (Å²) >= 11 is 0. The predicted molar refractivity (Wildman–Crippen MR) is 78.4 cm³/mol. The van der Waals surface area contributed by atoms with E-state index in [1.807, 2.05) is 18.2 Å². The smallest absolute Gasteiger partial charge is 0.243 e. The number of amides is 2. The highest BCUT2D eigenvalue weighted by molar-refractivity contribution is 5.90. The zero-order valence-electron chi connectivity index (χ0n) is 12.1. The van der Waals surface area contributed by atoms with E-state index in [0.29, 0.717) is 31.7 Å². The molecular formula is C16H17N3O3. The van der Waals surface area contributed by atoms with Gasteiger partial charge >= 0.3 is 0 Å². The maximum atomic E-state index is 12.3. The molecule has 1 N–H and O–H groups in total. The number of furan rings is 1. The summed E-state index contributed by atoms with van der Waals surface area (Å²) in [5.41, 5.74) is 0.790. The van der Waals surface area contributed by atoms with Gasteiger partial charge < -0.3 is 14.6 Å². The molecule has 3 heterocycles. The lowest BCUT2D eigenvalue weighted by atomic mass is 10.2. The Labute approximate surface area is 128 Å². The molecule has 0 saturated carbocycles. The molecule has 0 unspecified atom stereocenters. The van der Waals surface area contributed by atoms with Crippen molar-refractivity contribution in [3.05, 3.63) is 54.2 Å². The van der Waals surface area contributed by atoms with Crippen LogP contribution in [0.1, 0.15) is 24.3 Å². The van der Waals surface area contributed by atoms with Gasteiger partial charge in [0.05, 0.1) is 25.0 Å². The zero-order chi connectivity index (χ0) is 15.4. The highest BCUT2D eigenvalue weighted by Gasteiger charge is 2.36. The first-order chi connectivity index (χ1) is 10.7. The van der Waals surface area contributed by atoms with E-state index >= 15 is 0 Å². The average molecular weight is 299 g/mol. The van der Waals surface area contributed by atoms with Gasteiger partial charge in [-0.25, -0.2) is 0 Å². The summed E-state index contributed by atoms with van der Waals surface area (Å²) in [7, 11) is 0. The molecule has 2 amide bonds. The summed E-state index contributed by atoms with van der Waals surface area (Å²) < 4.78 is 5.27. The highest BCUT2D eigenvalue weighted by atomic mass is 16.3. The number of likely N-dealkylation sites (tertiary alicyclic amines) is 1. The second-order valence-electron chi connectivity index (χ2n) is 5.19. The first-order valence-electron chi connectivity index (χ1n) is 7.23. The van der Waals surface area contributed by atoms with E-state index in [1.54, 1.807) is 29.5 Å². The molecule has 6 nitrogen and oxygen atoms in total. The number of hydrogen-bond donors (Lipinski definition) is 1. The van der Waals surface area contributed by atoms with Gasteiger partial charge in [-0.1, -0.05) is 6.07 Å². The number of nitrogens with one attached hydrogen (secondary N) is 1. The largest absolute Gasteiger partial charge is 0.467 e. The molecule has 1 fully saturated rings. The lowest BCUT2D eigenvalue weighted by molar-refractivity contribution is -0.136. The molecule has 1 atom stereocenters. The molecule has 1 aliphatic heterocycles. The van der Waals surface area contributed by atoms with Gasteiger partial charge in [-0.15, -0.1) is 0 Å². The van der Waals surface area contributed by atoms with Crippen LogP contribution in [0.15, 0.2) is 47.2 Å². The van der Waals surface area contributed by atoms with Crippen LogP contribution in [0.5, 0.6) is 0 Å². The van der Waals surface area contributed by atoms with Crippen molar-refractivity contribution in [2.45, 2.75) is 32.0 Å². The van der Waals surface area contributed by atoms with Crippen LogP contribution >= 0.6 is 0 Å². The van der Waals surface area contributed by atoms with E-state index in [4.69, 9.17) is 4.42 Å². The molecule has 6 heteroatoms. The Morgan fingerprint density at radius 2 is 2.27 bits per heavy atom. The normalized spacial score (nSPS) is 17.7. The third kappa shape index (κ3) is 3.16. The molecular weight excluding hydrogens is 282 g/mol. The van der Waals surface area contributed by atoms with E-state index in [1.165, 1.54) is 0 Å². The fourth-order valence-corrected chi connectivity index (χ4v) is 2.57. The van der Waals surface area contributed by atoms with Crippen LogP contribution < -0.4 is 5.32 Å². The van der Waals surface area contributed by atoms with E-state index in [0.717, 1.165) is 5.69 Å². The number of carbonyl (C=O) groups is 2. The Balaban J connectivity index is 1.61. The Kier molecular flexibility index (Phi) is 4.18. The third-order valence-electron chi connectivity index (χ3n) is 3.71. The van der Waals surface area contributed by atoms with Crippen LogP contribution in [0.25, 0.3) is 0 Å². The van der Waals surface area contributed by atoms with Crippen LogP contribution in [-0.2, 0) is 22.7 Å². The third-order valence-corrected chi connectivity index (χ3v) is 3.71. The summed E-state index contributed by atoms with van der Waals surface area (Å²) in [4.78, 5) is 30.1. The predicted octanol–water partition coefficient (Wildman–Crippen LogP) is 1.48. The molecule has 0 bridgehead atoms. The van der Waals surface area contributed by atoms with Crippen LogP contribution in [0.3, 0.4) is 0 Å². The van der Waals surface area contributed by atoms with E-state index in [9.17, 15) is 9.59 Å². The Bertz CT molecular complexity index is 640. The average Bonchev–Trinajstić information content (AvgIpc) is 3.17. The number of pyridine rings is 1. The van der Waals surface area contributed by atoms with Gasteiger partial charge in [0.15, 0.2) is 0 Å². The second-order valence-corrected chi connectivity index (χ2v) is 5.19. The van der Waals surface area contributed by atoms with Gasteiger partial charge in [-0.2, -0.15) is 0 Å². The number of aromatic nitrogens is 1. The van der Waals surface area contributed by atoms with Crippen molar-refractivity contribution >= 4 is 11.8 Å².